The van der Waals surface area contributed by atoms with Gasteiger partial charge in [0.25, 0.3) is 5.91 Å². The number of aryl methyl sites for hydroxylation is 1. The van der Waals surface area contributed by atoms with Crippen molar-refractivity contribution in [1.29, 1.82) is 0 Å². The van der Waals surface area contributed by atoms with E-state index in [-0.39, 0.29) is 11.9 Å². The fraction of sp³-hybridized carbons (Fsp3) is 0.182. The van der Waals surface area contributed by atoms with Crippen LogP contribution in [0.3, 0.4) is 0 Å². The van der Waals surface area contributed by atoms with Crippen LogP contribution in [0.4, 0.5) is 0 Å². The fourth-order valence-electron chi connectivity index (χ4n) is 1.40. The summed E-state index contributed by atoms with van der Waals surface area (Å²) < 4.78 is 0. The summed E-state index contributed by atoms with van der Waals surface area (Å²) in [5.74, 6) is -1.39. The lowest BCUT2D eigenvalue weighted by Gasteiger charge is -2.04. The average Bonchev–Trinajstić information content (AvgIpc) is 2.78. The first-order chi connectivity index (χ1) is 8.56. The van der Waals surface area contributed by atoms with Crippen molar-refractivity contribution in [2.75, 3.05) is 0 Å². The highest BCUT2D eigenvalue weighted by Crippen LogP contribution is 2.03. The second-order valence-electron chi connectivity index (χ2n) is 3.81. The monoisotopic (exact) mass is 248 g/mol. The first-order valence-corrected chi connectivity index (χ1v) is 5.26. The molecule has 0 saturated heterocycles. The van der Waals surface area contributed by atoms with Crippen LogP contribution in [0.25, 0.3) is 0 Å². The molecule has 1 atom stereocenters. The molecule has 7 heteroatoms. The Morgan fingerprint density at radius 1 is 1.33 bits per heavy atom. The smallest absolute Gasteiger partial charge is 0.345 e. The molecule has 1 amide bonds. The largest absolute Gasteiger partial charge is 0.479 e. The minimum Gasteiger partial charge on any atom is -0.479 e. The molecule has 7 nitrogen and oxygen atoms in total. The minimum atomic E-state index is -1.12. The summed E-state index contributed by atoms with van der Waals surface area (Å²) >= 11 is 0. The third-order valence-electron chi connectivity index (χ3n) is 2.37. The van der Waals surface area contributed by atoms with E-state index < -0.39 is 12.1 Å². The minimum absolute atomic E-state index is 0.0907. The fourth-order valence-corrected chi connectivity index (χ4v) is 1.40. The van der Waals surface area contributed by atoms with Gasteiger partial charge in [-0.25, -0.2) is 15.2 Å². The summed E-state index contributed by atoms with van der Waals surface area (Å²) in [6.45, 7) is 1.92. The topological polar surface area (TPSA) is 103 Å². The van der Waals surface area contributed by atoms with Gasteiger partial charge in [-0.05, 0) is 19.1 Å². The molecular weight excluding hydrogens is 236 g/mol. The molecule has 0 fully saturated rings. The summed E-state index contributed by atoms with van der Waals surface area (Å²) in [6.07, 6.45) is -1.08. The van der Waals surface area contributed by atoms with E-state index >= 15 is 0 Å². The molecule has 94 valence electrons. The van der Waals surface area contributed by atoms with Crippen molar-refractivity contribution in [3.8, 4) is 0 Å². The third-order valence-corrected chi connectivity index (χ3v) is 2.37. The third kappa shape index (κ3) is 2.64. The van der Waals surface area contributed by atoms with Crippen LogP contribution in [0, 0.1) is 6.92 Å². The zero-order valence-electron chi connectivity index (χ0n) is 9.60. The van der Waals surface area contributed by atoms with Gasteiger partial charge < -0.3 is 5.11 Å². The number of benzene rings is 1. The van der Waals surface area contributed by atoms with Crippen LogP contribution in [0.5, 0.6) is 0 Å². The number of rotatable bonds is 2. The molecule has 1 aliphatic rings. The number of guanidine groups is 1. The van der Waals surface area contributed by atoms with E-state index in [9.17, 15) is 9.59 Å². The maximum absolute atomic E-state index is 11.8. The Kier molecular flexibility index (Phi) is 3.24. The van der Waals surface area contributed by atoms with E-state index in [0.717, 1.165) is 5.56 Å². The van der Waals surface area contributed by atoms with E-state index in [1.807, 2.05) is 19.1 Å². The van der Waals surface area contributed by atoms with Crippen LogP contribution in [0.15, 0.2) is 29.3 Å². The maximum atomic E-state index is 11.8. The lowest BCUT2D eigenvalue weighted by atomic mass is 10.1. The van der Waals surface area contributed by atoms with Crippen molar-refractivity contribution in [2.45, 2.75) is 13.1 Å². The Bertz CT molecular complexity index is 510. The van der Waals surface area contributed by atoms with Gasteiger partial charge in [0.2, 0.25) is 12.1 Å². The molecule has 2 rings (SSSR count). The molecule has 18 heavy (non-hydrogen) atoms. The van der Waals surface area contributed by atoms with Crippen molar-refractivity contribution in [2.24, 2.45) is 4.99 Å². The number of hydrazine groups is 1. The highest BCUT2D eigenvalue weighted by molar-refractivity contribution is 6.06. The predicted octanol–water partition coefficient (Wildman–Crippen LogP) is -0.401. The molecule has 1 aliphatic heterocycles. The summed E-state index contributed by atoms with van der Waals surface area (Å²) in [7, 11) is 0. The van der Waals surface area contributed by atoms with Gasteiger partial charge in [-0.1, -0.05) is 17.7 Å². The molecule has 0 saturated carbocycles. The van der Waals surface area contributed by atoms with Gasteiger partial charge in [0.15, 0.2) is 0 Å². The van der Waals surface area contributed by atoms with Crippen LogP contribution in [0.2, 0.25) is 0 Å². The van der Waals surface area contributed by atoms with Crippen LogP contribution < -0.4 is 16.2 Å². The van der Waals surface area contributed by atoms with Crippen molar-refractivity contribution in [3.63, 3.8) is 0 Å². The van der Waals surface area contributed by atoms with E-state index in [1.54, 1.807) is 12.1 Å². The first-order valence-electron chi connectivity index (χ1n) is 5.26. The van der Waals surface area contributed by atoms with Gasteiger partial charge in [-0.15, -0.1) is 0 Å². The molecule has 0 aliphatic carbocycles. The Balaban J connectivity index is 2.02. The zero-order valence-corrected chi connectivity index (χ0v) is 9.60. The second-order valence-corrected chi connectivity index (χ2v) is 3.81. The number of nitrogens with zero attached hydrogens (tertiary/aromatic N) is 1. The van der Waals surface area contributed by atoms with Gasteiger partial charge in [-0.3, -0.25) is 15.5 Å². The number of aliphatic carboxylic acids is 1. The number of hydrogen-bond donors (Lipinski definition) is 4. The molecule has 0 bridgehead atoms. The van der Waals surface area contributed by atoms with Crippen molar-refractivity contribution < 1.29 is 14.7 Å². The number of carboxylic acids is 1. The molecule has 1 unspecified atom stereocenters. The van der Waals surface area contributed by atoms with Gasteiger partial charge in [0.05, 0.1) is 0 Å². The molecule has 4 N–H and O–H groups in total. The SMILES string of the molecule is Cc1ccc(C(=O)NC2=NC(C(=O)O)NN2)cc1. The number of carbonyl (C=O) groups excluding carboxylic acids is 1. The highest BCUT2D eigenvalue weighted by atomic mass is 16.4. The van der Waals surface area contributed by atoms with Crippen LogP contribution in [-0.2, 0) is 4.79 Å². The van der Waals surface area contributed by atoms with Gasteiger partial charge in [0, 0.05) is 5.56 Å². The normalized spacial score (nSPS) is 17.8. The van der Waals surface area contributed by atoms with Gasteiger partial charge >= 0.3 is 5.97 Å². The second kappa shape index (κ2) is 4.84. The number of carboxylic acid groups (broad SMARTS) is 1. The Morgan fingerprint density at radius 2 is 2.00 bits per heavy atom. The van der Waals surface area contributed by atoms with Crippen LogP contribution >= 0.6 is 0 Å². The van der Waals surface area contributed by atoms with E-state index in [1.165, 1.54) is 0 Å². The quantitative estimate of drug-likeness (QED) is 0.570. The van der Waals surface area contributed by atoms with Gasteiger partial charge in [-0.2, -0.15) is 0 Å². The van der Waals surface area contributed by atoms with Crippen molar-refractivity contribution >= 4 is 17.8 Å². The Hall–Kier alpha value is -2.41. The zero-order chi connectivity index (χ0) is 13.1. The number of aliphatic imine (C=N–C) groups is 1. The van der Waals surface area contributed by atoms with Crippen molar-refractivity contribution in [1.82, 2.24) is 16.2 Å². The maximum Gasteiger partial charge on any atom is 0.345 e. The molecule has 0 radical (unpaired) electrons. The first kappa shape index (κ1) is 12.1. The molecule has 0 aromatic heterocycles. The molecule has 1 aromatic carbocycles. The summed E-state index contributed by atoms with van der Waals surface area (Å²) in [6, 6.07) is 7.00. The van der Waals surface area contributed by atoms with E-state index in [0.29, 0.717) is 5.56 Å². The van der Waals surface area contributed by atoms with Crippen molar-refractivity contribution in [3.05, 3.63) is 35.4 Å². The standard InChI is InChI=1S/C11H12N4O3/c1-6-2-4-7(5-3-6)9(16)13-11-12-8(10(17)18)14-15-11/h2-5,8,14H,1H3,(H,17,18)(H2,12,13,15,16). The highest BCUT2D eigenvalue weighted by Gasteiger charge is 2.23. The number of amides is 1. The van der Waals surface area contributed by atoms with E-state index in [4.69, 9.17) is 5.11 Å². The van der Waals surface area contributed by atoms with Gasteiger partial charge in [0.1, 0.15) is 0 Å². The summed E-state index contributed by atoms with van der Waals surface area (Å²) in [5, 5.41) is 11.2. The number of nitrogens with one attached hydrogen (secondary N) is 3. The molecule has 1 aromatic rings. The lowest BCUT2D eigenvalue weighted by Crippen LogP contribution is -2.44. The van der Waals surface area contributed by atoms with Crippen LogP contribution in [0.1, 0.15) is 15.9 Å². The number of hydrogen-bond acceptors (Lipinski definition) is 5. The Morgan fingerprint density at radius 3 is 2.56 bits per heavy atom. The average molecular weight is 248 g/mol. The van der Waals surface area contributed by atoms with Crippen LogP contribution in [-0.4, -0.2) is 29.1 Å². The summed E-state index contributed by atoms with van der Waals surface area (Å²) in [4.78, 5) is 26.1. The number of carbonyl (C=O) groups is 2. The molecule has 1 heterocycles. The Labute approximate surface area is 103 Å². The summed E-state index contributed by atoms with van der Waals surface area (Å²) in [5.41, 5.74) is 6.42. The van der Waals surface area contributed by atoms with E-state index in [2.05, 4.69) is 21.2 Å². The molecular formula is C11H12N4O3. The predicted molar refractivity (Wildman–Crippen MR) is 63.8 cm³/mol. The lowest BCUT2D eigenvalue weighted by molar-refractivity contribution is -0.139. The molecule has 0 spiro atoms.